The molecule has 0 unspecified atom stereocenters. The second-order valence-corrected chi connectivity index (χ2v) is 2.49. The molecule has 10 heavy (non-hydrogen) atoms. The Morgan fingerprint density at radius 1 is 0.600 bits per heavy atom. The topological polar surface area (TPSA) is 70.0 Å². The third kappa shape index (κ3) is 23.6. The van der Waals surface area contributed by atoms with Crippen molar-refractivity contribution in [3.8, 4) is 0 Å². The zero-order valence-corrected chi connectivity index (χ0v) is 9.02. The summed E-state index contributed by atoms with van der Waals surface area (Å²) in [6.07, 6.45) is 0. The zero-order chi connectivity index (χ0) is 5.15. The van der Waals surface area contributed by atoms with E-state index in [0.29, 0.717) is 0 Å². The standard InChI is InChI=1S/C6H14.2ClH.2H3N/c1-5(2)6(3)4;;;;/h5-6H,1-4H3;2*1H;2*1H3. The van der Waals surface area contributed by atoms with Crippen LogP contribution in [0, 0.1) is 11.8 Å². The van der Waals surface area contributed by atoms with Gasteiger partial charge in [0.15, 0.2) is 0 Å². The maximum atomic E-state index is 2.24. The molecule has 0 saturated heterocycles. The smallest absolute Gasteiger partial charge is 0.0448 e. The molecule has 0 aliphatic heterocycles. The number of rotatable bonds is 1. The van der Waals surface area contributed by atoms with Gasteiger partial charge in [0.05, 0.1) is 0 Å². The molecule has 0 radical (unpaired) electrons. The highest BCUT2D eigenvalue weighted by atomic mass is 35.5. The largest absolute Gasteiger partial charge is 0.344 e. The predicted octanol–water partition coefficient (Wildman–Crippen LogP) is 3.47. The third-order valence-corrected chi connectivity index (χ3v) is 1.33. The average molecular weight is 193 g/mol. The van der Waals surface area contributed by atoms with Crippen LogP contribution in [0.25, 0.3) is 0 Å². The lowest BCUT2D eigenvalue weighted by molar-refractivity contribution is 0.457. The van der Waals surface area contributed by atoms with Crippen LogP contribution >= 0.6 is 24.8 Å². The summed E-state index contributed by atoms with van der Waals surface area (Å²) < 4.78 is 0. The van der Waals surface area contributed by atoms with Crippen LogP contribution in [0.4, 0.5) is 0 Å². The van der Waals surface area contributed by atoms with Gasteiger partial charge in [-0.25, -0.2) is 0 Å². The van der Waals surface area contributed by atoms with Gasteiger partial charge in [0.1, 0.15) is 0 Å². The molecule has 0 spiro atoms. The van der Waals surface area contributed by atoms with Crippen LogP contribution in [0.2, 0.25) is 0 Å². The van der Waals surface area contributed by atoms with E-state index in [1.807, 2.05) is 0 Å². The molecule has 0 fully saturated rings. The van der Waals surface area contributed by atoms with Crippen molar-refractivity contribution in [1.82, 2.24) is 12.3 Å². The highest BCUT2D eigenvalue weighted by molar-refractivity contribution is 5.85. The fraction of sp³-hybridized carbons (Fsp3) is 1.00. The van der Waals surface area contributed by atoms with Crippen LogP contribution in [0.15, 0.2) is 0 Å². The van der Waals surface area contributed by atoms with Gasteiger partial charge in [0.25, 0.3) is 0 Å². The molecule has 0 aromatic heterocycles. The molecule has 0 atom stereocenters. The second kappa shape index (κ2) is 16.2. The maximum absolute atomic E-state index is 2.24. The minimum Gasteiger partial charge on any atom is -0.344 e. The van der Waals surface area contributed by atoms with Crippen molar-refractivity contribution >= 4 is 24.8 Å². The zero-order valence-electron chi connectivity index (χ0n) is 7.39. The third-order valence-electron chi connectivity index (χ3n) is 1.33. The van der Waals surface area contributed by atoms with Gasteiger partial charge < -0.3 is 12.3 Å². The van der Waals surface area contributed by atoms with E-state index in [-0.39, 0.29) is 37.1 Å². The van der Waals surface area contributed by atoms with Crippen LogP contribution in [0.5, 0.6) is 0 Å². The fourth-order valence-corrected chi connectivity index (χ4v) is 0. The average Bonchev–Trinajstić information content (AvgIpc) is 1.36. The molecular weight excluding hydrogens is 171 g/mol. The van der Waals surface area contributed by atoms with Crippen LogP contribution in [0.3, 0.4) is 0 Å². The van der Waals surface area contributed by atoms with E-state index < -0.39 is 0 Å². The van der Waals surface area contributed by atoms with Gasteiger partial charge >= 0.3 is 0 Å². The molecule has 4 heteroatoms. The Balaban J connectivity index is -0.0000000208. The van der Waals surface area contributed by atoms with Gasteiger partial charge in [-0.15, -0.1) is 24.8 Å². The first-order valence-electron chi connectivity index (χ1n) is 2.64. The Kier molecular flexibility index (Phi) is 50.9. The molecule has 0 amide bonds. The Morgan fingerprint density at radius 2 is 0.700 bits per heavy atom. The molecule has 0 aromatic rings. The Labute approximate surface area is 77.1 Å². The molecule has 6 N–H and O–H groups in total. The molecule has 0 bridgehead atoms. The van der Waals surface area contributed by atoms with Crippen molar-refractivity contribution < 1.29 is 0 Å². The van der Waals surface area contributed by atoms with Crippen LogP contribution in [-0.2, 0) is 0 Å². The Hall–Kier alpha value is 0.500. The minimum absolute atomic E-state index is 0. The molecule has 0 rings (SSSR count). The lowest BCUT2D eigenvalue weighted by Gasteiger charge is -2.05. The Morgan fingerprint density at radius 3 is 0.700 bits per heavy atom. The van der Waals surface area contributed by atoms with Gasteiger partial charge in [0, 0.05) is 0 Å². The summed E-state index contributed by atoms with van der Waals surface area (Å²) >= 11 is 0. The van der Waals surface area contributed by atoms with E-state index in [1.165, 1.54) is 0 Å². The summed E-state index contributed by atoms with van der Waals surface area (Å²) in [5, 5.41) is 0. The van der Waals surface area contributed by atoms with Crippen molar-refractivity contribution in [2.75, 3.05) is 0 Å². The van der Waals surface area contributed by atoms with E-state index >= 15 is 0 Å². The SMILES string of the molecule is CC(C)C(C)C.Cl.Cl.N.N. The van der Waals surface area contributed by atoms with Crippen molar-refractivity contribution in [2.24, 2.45) is 11.8 Å². The number of hydrogen-bond acceptors (Lipinski definition) is 2. The molecule has 0 aliphatic carbocycles. The molecule has 2 nitrogen and oxygen atoms in total. The molecule has 0 aromatic carbocycles. The molecule has 0 aliphatic rings. The lowest BCUT2D eigenvalue weighted by atomic mass is 10.0. The first-order valence-corrected chi connectivity index (χ1v) is 2.64. The first kappa shape index (κ1) is 31.3. The summed E-state index contributed by atoms with van der Waals surface area (Å²) in [4.78, 5) is 0. The van der Waals surface area contributed by atoms with E-state index in [2.05, 4.69) is 27.7 Å². The number of halogens is 2. The van der Waals surface area contributed by atoms with Gasteiger partial charge in [-0.05, 0) is 11.8 Å². The Bertz CT molecular complexity index is 34.7. The van der Waals surface area contributed by atoms with Crippen molar-refractivity contribution in [1.29, 1.82) is 0 Å². The van der Waals surface area contributed by atoms with Crippen LogP contribution in [0.1, 0.15) is 27.7 Å². The lowest BCUT2D eigenvalue weighted by Crippen LogP contribution is -1.95. The first-order chi connectivity index (χ1) is 2.64. The highest BCUT2D eigenvalue weighted by Crippen LogP contribution is 2.05. The maximum Gasteiger partial charge on any atom is -0.0448 e. The fourth-order valence-electron chi connectivity index (χ4n) is 0. The monoisotopic (exact) mass is 192 g/mol. The summed E-state index contributed by atoms with van der Waals surface area (Å²) in [5.74, 6) is 1.70. The van der Waals surface area contributed by atoms with Crippen molar-refractivity contribution in [3.05, 3.63) is 0 Å². The summed E-state index contributed by atoms with van der Waals surface area (Å²) in [6.45, 7) is 8.96. The van der Waals surface area contributed by atoms with Gasteiger partial charge in [-0.3, -0.25) is 0 Å². The highest BCUT2D eigenvalue weighted by Gasteiger charge is 1.95. The van der Waals surface area contributed by atoms with Crippen molar-refractivity contribution in [3.63, 3.8) is 0 Å². The van der Waals surface area contributed by atoms with E-state index in [0.717, 1.165) is 11.8 Å². The van der Waals surface area contributed by atoms with Crippen molar-refractivity contribution in [2.45, 2.75) is 27.7 Å². The normalized spacial score (nSPS) is 6.60. The van der Waals surface area contributed by atoms with Gasteiger partial charge in [0.2, 0.25) is 0 Å². The van der Waals surface area contributed by atoms with E-state index in [1.54, 1.807) is 0 Å². The molecule has 0 heterocycles. The summed E-state index contributed by atoms with van der Waals surface area (Å²) in [6, 6.07) is 0. The molecular formula is C6H22Cl2N2. The number of hydrogen-bond donors (Lipinski definition) is 2. The van der Waals surface area contributed by atoms with Crippen LogP contribution < -0.4 is 12.3 Å². The van der Waals surface area contributed by atoms with E-state index in [9.17, 15) is 0 Å². The van der Waals surface area contributed by atoms with Gasteiger partial charge in [-0.2, -0.15) is 0 Å². The quantitative estimate of drug-likeness (QED) is 0.669. The molecule has 70 valence electrons. The summed E-state index contributed by atoms with van der Waals surface area (Å²) in [5.41, 5.74) is 0. The van der Waals surface area contributed by atoms with Crippen LogP contribution in [-0.4, -0.2) is 0 Å². The minimum atomic E-state index is 0. The molecule has 0 saturated carbocycles. The summed E-state index contributed by atoms with van der Waals surface area (Å²) in [7, 11) is 0. The van der Waals surface area contributed by atoms with E-state index in [4.69, 9.17) is 0 Å². The second-order valence-electron chi connectivity index (χ2n) is 2.49. The predicted molar refractivity (Wildman–Crippen MR) is 54.2 cm³/mol. The van der Waals surface area contributed by atoms with Gasteiger partial charge in [-0.1, -0.05) is 27.7 Å².